The van der Waals surface area contributed by atoms with Crippen molar-refractivity contribution in [3.8, 4) is 0 Å². The zero-order chi connectivity index (χ0) is 12.3. The smallest absolute Gasteiger partial charge is 0.316 e. The van der Waals surface area contributed by atoms with Crippen LogP contribution in [-0.4, -0.2) is 12.6 Å². The normalized spacial score (nSPS) is 27.0. The van der Waals surface area contributed by atoms with Crippen molar-refractivity contribution in [3.05, 3.63) is 48.6 Å². The fraction of sp³-hybridized carbons (Fsp3) is 0.400. The average molecular weight is 230 g/mol. The van der Waals surface area contributed by atoms with Gasteiger partial charge in [0.05, 0.1) is 5.41 Å². The lowest BCUT2D eigenvalue weighted by atomic mass is 9.59. The highest BCUT2D eigenvalue weighted by Crippen LogP contribution is 2.48. The quantitative estimate of drug-likeness (QED) is 0.587. The molecule has 0 radical (unpaired) electrons. The van der Waals surface area contributed by atoms with E-state index >= 15 is 0 Å². The Morgan fingerprint density at radius 1 is 1.47 bits per heavy atom. The standard InChI is InChI=1S/C15H18O2/c1-3-9-17-14(16)15(10-12(2)11-15)13-7-5-4-6-8-13/h3-8,12H,1,9-11H2,2H3/t12-,15-. The van der Waals surface area contributed by atoms with Gasteiger partial charge in [-0.1, -0.05) is 49.9 Å². The first kappa shape index (κ1) is 11.9. The molecule has 0 atom stereocenters. The average Bonchev–Trinajstić information content (AvgIpc) is 2.33. The van der Waals surface area contributed by atoms with Crippen LogP contribution in [0.25, 0.3) is 0 Å². The maximum Gasteiger partial charge on any atom is 0.316 e. The van der Waals surface area contributed by atoms with Crippen LogP contribution in [0.3, 0.4) is 0 Å². The second-order valence-electron chi connectivity index (χ2n) is 4.85. The molecule has 2 rings (SSSR count). The molecule has 1 aromatic rings. The molecule has 0 N–H and O–H groups in total. The molecule has 0 unspecified atom stereocenters. The van der Waals surface area contributed by atoms with Gasteiger partial charge in [0.1, 0.15) is 6.61 Å². The number of hydrogen-bond donors (Lipinski definition) is 0. The Hall–Kier alpha value is -1.57. The van der Waals surface area contributed by atoms with Crippen molar-refractivity contribution in [2.24, 2.45) is 5.92 Å². The van der Waals surface area contributed by atoms with Crippen LogP contribution in [-0.2, 0) is 14.9 Å². The van der Waals surface area contributed by atoms with Gasteiger partial charge < -0.3 is 4.74 Å². The lowest BCUT2D eigenvalue weighted by Crippen LogP contribution is -2.48. The van der Waals surface area contributed by atoms with Crippen LogP contribution in [0.15, 0.2) is 43.0 Å². The van der Waals surface area contributed by atoms with E-state index in [1.54, 1.807) is 6.08 Å². The zero-order valence-electron chi connectivity index (χ0n) is 10.2. The first-order valence-electron chi connectivity index (χ1n) is 6.03. The van der Waals surface area contributed by atoms with Crippen molar-refractivity contribution in [1.29, 1.82) is 0 Å². The molecule has 1 saturated carbocycles. The fourth-order valence-electron chi connectivity index (χ4n) is 2.68. The molecule has 0 aromatic heterocycles. The Morgan fingerprint density at radius 3 is 2.65 bits per heavy atom. The van der Waals surface area contributed by atoms with Gasteiger partial charge in [-0.25, -0.2) is 0 Å². The molecule has 0 aliphatic heterocycles. The Labute approximate surface area is 102 Å². The van der Waals surface area contributed by atoms with E-state index in [4.69, 9.17) is 4.74 Å². The first-order valence-corrected chi connectivity index (χ1v) is 6.03. The number of carbonyl (C=O) groups excluding carboxylic acids is 1. The molecule has 1 aromatic carbocycles. The van der Waals surface area contributed by atoms with Crippen LogP contribution < -0.4 is 0 Å². The van der Waals surface area contributed by atoms with Crippen molar-refractivity contribution < 1.29 is 9.53 Å². The molecular formula is C15H18O2. The van der Waals surface area contributed by atoms with Gasteiger partial charge >= 0.3 is 5.97 Å². The highest BCUT2D eigenvalue weighted by atomic mass is 16.5. The summed E-state index contributed by atoms with van der Waals surface area (Å²) < 4.78 is 5.24. The number of benzene rings is 1. The molecule has 2 nitrogen and oxygen atoms in total. The van der Waals surface area contributed by atoms with Crippen LogP contribution >= 0.6 is 0 Å². The summed E-state index contributed by atoms with van der Waals surface area (Å²) in [6, 6.07) is 9.94. The van der Waals surface area contributed by atoms with Crippen molar-refractivity contribution >= 4 is 5.97 Å². The number of rotatable bonds is 4. The maximum atomic E-state index is 12.2. The minimum Gasteiger partial charge on any atom is -0.461 e. The van der Waals surface area contributed by atoms with Crippen molar-refractivity contribution in [3.63, 3.8) is 0 Å². The molecule has 2 heteroatoms. The molecule has 0 saturated heterocycles. The van der Waals surface area contributed by atoms with Gasteiger partial charge in [0, 0.05) is 0 Å². The summed E-state index contributed by atoms with van der Waals surface area (Å²) in [7, 11) is 0. The Morgan fingerprint density at radius 2 is 2.12 bits per heavy atom. The maximum absolute atomic E-state index is 12.2. The molecular weight excluding hydrogens is 212 g/mol. The molecule has 0 bridgehead atoms. The summed E-state index contributed by atoms with van der Waals surface area (Å²) in [5.74, 6) is 0.480. The van der Waals surface area contributed by atoms with Crippen LogP contribution in [0.2, 0.25) is 0 Å². The SMILES string of the molecule is C=CCOC(=O)[C@]1(c2ccccc2)C[C@@H](C)C1. The highest BCUT2D eigenvalue weighted by Gasteiger charge is 2.50. The largest absolute Gasteiger partial charge is 0.461 e. The lowest BCUT2D eigenvalue weighted by molar-refractivity contribution is -0.155. The summed E-state index contributed by atoms with van der Waals surface area (Å²) in [5, 5.41) is 0. The topological polar surface area (TPSA) is 26.3 Å². The predicted octanol–water partition coefficient (Wildman–Crippen LogP) is 3.08. The van der Waals surface area contributed by atoms with Gasteiger partial charge in [-0.3, -0.25) is 4.79 Å². The minimum atomic E-state index is -0.413. The van der Waals surface area contributed by atoms with Crippen LogP contribution in [0.1, 0.15) is 25.3 Å². The monoisotopic (exact) mass is 230 g/mol. The van der Waals surface area contributed by atoms with Gasteiger partial charge in [-0.2, -0.15) is 0 Å². The first-order chi connectivity index (χ1) is 8.19. The molecule has 0 spiro atoms. The summed E-state index contributed by atoms with van der Waals surface area (Å²) >= 11 is 0. The van der Waals surface area contributed by atoms with Crippen LogP contribution in [0.5, 0.6) is 0 Å². The minimum absolute atomic E-state index is 0.110. The van der Waals surface area contributed by atoms with E-state index in [-0.39, 0.29) is 5.97 Å². The summed E-state index contributed by atoms with van der Waals surface area (Å²) in [6.07, 6.45) is 3.37. The predicted molar refractivity (Wildman–Crippen MR) is 67.7 cm³/mol. The molecule has 1 fully saturated rings. The van der Waals surface area contributed by atoms with Crippen LogP contribution in [0, 0.1) is 5.92 Å². The van der Waals surface area contributed by atoms with Gasteiger partial charge in [0.15, 0.2) is 0 Å². The van der Waals surface area contributed by atoms with E-state index in [9.17, 15) is 4.79 Å². The molecule has 17 heavy (non-hydrogen) atoms. The Kier molecular flexibility index (Phi) is 3.32. The number of hydrogen-bond acceptors (Lipinski definition) is 2. The van der Waals surface area contributed by atoms with Crippen molar-refractivity contribution in [1.82, 2.24) is 0 Å². The van der Waals surface area contributed by atoms with Gasteiger partial charge in [0.25, 0.3) is 0 Å². The number of ether oxygens (including phenoxy) is 1. The van der Waals surface area contributed by atoms with Crippen LogP contribution in [0.4, 0.5) is 0 Å². The van der Waals surface area contributed by atoms with Gasteiger partial charge in [0.2, 0.25) is 0 Å². The van der Waals surface area contributed by atoms with E-state index < -0.39 is 5.41 Å². The second-order valence-corrected chi connectivity index (χ2v) is 4.85. The second kappa shape index (κ2) is 4.74. The highest BCUT2D eigenvalue weighted by molar-refractivity contribution is 5.84. The fourth-order valence-corrected chi connectivity index (χ4v) is 2.68. The molecule has 0 amide bonds. The van der Waals surface area contributed by atoms with E-state index in [0.29, 0.717) is 12.5 Å². The number of esters is 1. The molecule has 1 aliphatic carbocycles. The summed E-state index contributed by atoms with van der Waals surface area (Å²) in [4.78, 5) is 12.2. The van der Waals surface area contributed by atoms with E-state index in [0.717, 1.165) is 18.4 Å². The van der Waals surface area contributed by atoms with E-state index in [2.05, 4.69) is 13.5 Å². The molecule has 1 aliphatic rings. The molecule has 0 heterocycles. The van der Waals surface area contributed by atoms with E-state index in [1.165, 1.54) is 0 Å². The summed E-state index contributed by atoms with van der Waals surface area (Å²) in [6.45, 7) is 6.03. The lowest BCUT2D eigenvalue weighted by Gasteiger charge is -2.44. The van der Waals surface area contributed by atoms with Crippen molar-refractivity contribution in [2.45, 2.75) is 25.2 Å². The summed E-state index contributed by atoms with van der Waals surface area (Å²) in [5.41, 5.74) is 0.663. The van der Waals surface area contributed by atoms with Gasteiger partial charge in [-0.15, -0.1) is 0 Å². The van der Waals surface area contributed by atoms with E-state index in [1.807, 2.05) is 30.3 Å². The third-order valence-electron chi connectivity index (χ3n) is 3.44. The zero-order valence-corrected chi connectivity index (χ0v) is 10.2. The number of carbonyl (C=O) groups is 1. The third kappa shape index (κ3) is 2.12. The Bertz CT molecular complexity index is 402. The third-order valence-corrected chi connectivity index (χ3v) is 3.44. The van der Waals surface area contributed by atoms with Crippen molar-refractivity contribution in [2.75, 3.05) is 6.61 Å². The van der Waals surface area contributed by atoms with Gasteiger partial charge in [-0.05, 0) is 24.3 Å². The Balaban J connectivity index is 2.22. The molecule has 90 valence electrons.